The van der Waals surface area contributed by atoms with Gasteiger partial charge in [-0.15, -0.1) is 0 Å². The van der Waals surface area contributed by atoms with Gasteiger partial charge in [-0.2, -0.15) is 0 Å². The smallest absolute Gasteiger partial charge is 0.255 e. The lowest BCUT2D eigenvalue weighted by atomic mass is 10.1. The van der Waals surface area contributed by atoms with Crippen LogP contribution in [0.5, 0.6) is 0 Å². The number of carbonyl (C=O) groups excluding carboxylic acids is 1. The van der Waals surface area contributed by atoms with E-state index in [0.29, 0.717) is 23.5 Å². The third kappa shape index (κ3) is 4.64. The number of hydrogen-bond donors (Lipinski definition) is 3. The summed E-state index contributed by atoms with van der Waals surface area (Å²) in [5, 5.41) is 6.22. The number of hydrogen-bond acceptors (Lipinski definition) is 4. The average molecular weight is 360 g/mol. The fourth-order valence-electron chi connectivity index (χ4n) is 2.79. The first-order chi connectivity index (χ1) is 13.1. The Hall–Kier alpha value is -3.34. The first-order valence-corrected chi connectivity index (χ1v) is 9.02. The Morgan fingerprint density at radius 3 is 2.48 bits per heavy atom. The van der Waals surface area contributed by atoms with Crippen LogP contribution < -0.4 is 16.4 Å². The fraction of sp³-hybridized carbons (Fsp3) is 0.182. The van der Waals surface area contributed by atoms with E-state index in [1.54, 1.807) is 12.1 Å². The normalized spacial score (nSPS) is 10.4. The first kappa shape index (κ1) is 18.5. The van der Waals surface area contributed by atoms with Crippen LogP contribution in [0.25, 0.3) is 0 Å². The van der Waals surface area contributed by atoms with Crippen molar-refractivity contribution in [2.24, 2.45) is 0 Å². The number of para-hydroxylation sites is 2. The zero-order valence-corrected chi connectivity index (χ0v) is 15.6. The van der Waals surface area contributed by atoms with Gasteiger partial charge < -0.3 is 16.4 Å². The Bertz CT molecular complexity index is 935. The van der Waals surface area contributed by atoms with E-state index in [2.05, 4.69) is 28.6 Å². The molecule has 0 unspecified atom stereocenters. The Kier molecular flexibility index (Phi) is 5.71. The SMILES string of the molecule is CCc1ccc(C)nc1NCc1ccc(C(=O)Nc2ccccc2N)cc1. The molecule has 5 nitrogen and oxygen atoms in total. The molecule has 1 aromatic heterocycles. The lowest BCUT2D eigenvalue weighted by Gasteiger charge is -2.11. The van der Waals surface area contributed by atoms with Crippen molar-refractivity contribution in [2.75, 3.05) is 16.4 Å². The molecule has 3 aromatic rings. The van der Waals surface area contributed by atoms with Crippen LogP contribution in [0.2, 0.25) is 0 Å². The van der Waals surface area contributed by atoms with Gasteiger partial charge in [-0.05, 0) is 54.8 Å². The molecule has 0 aliphatic rings. The predicted octanol–water partition coefficient (Wildman–Crippen LogP) is 4.40. The van der Waals surface area contributed by atoms with Crippen LogP contribution in [0.15, 0.2) is 60.7 Å². The molecule has 0 radical (unpaired) electrons. The van der Waals surface area contributed by atoms with Crippen molar-refractivity contribution in [1.82, 2.24) is 4.98 Å². The van der Waals surface area contributed by atoms with Gasteiger partial charge in [0, 0.05) is 17.8 Å². The van der Waals surface area contributed by atoms with Crippen molar-refractivity contribution in [3.63, 3.8) is 0 Å². The van der Waals surface area contributed by atoms with Crippen molar-refractivity contribution in [2.45, 2.75) is 26.8 Å². The Morgan fingerprint density at radius 2 is 1.78 bits per heavy atom. The molecule has 27 heavy (non-hydrogen) atoms. The molecule has 0 saturated carbocycles. The standard InChI is InChI=1S/C22H24N4O/c1-3-17-11-8-15(2)25-21(17)24-14-16-9-12-18(13-10-16)22(27)26-20-7-5-4-6-19(20)23/h4-13H,3,14,23H2,1-2H3,(H,24,25)(H,26,27). The average Bonchev–Trinajstić information content (AvgIpc) is 2.68. The Labute approximate surface area is 159 Å². The number of nitrogen functional groups attached to an aromatic ring is 1. The van der Waals surface area contributed by atoms with E-state index in [4.69, 9.17) is 5.73 Å². The highest BCUT2D eigenvalue weighted by molar-refractivity contribution is 6.05. The topological polar surface area (TPSA) is 80.0 Å². The van der Waals surface area contributed by atoms with Gasteiger partial charge in [0.2, 0.25) is 0 Å². The number of carbonyl (C=O) groups is 1. The number of pyridine rings is 1. The highest BCUT2D eigenvalue weighted by Gasteiger charge is 2.08. The Balaban J connectivity index is 1.64. The van der Waals surface area contributed by atoms with Gasteiger partial charge in [0.1, 0.15) is 5.82 Å². The number of amides is 1. The number of aryl methyl sites for hydroxylation is 2. The van der Waals surface area contributed by atoms with Crippen molar-refractivity contribution < 1.29 is 4.79 Å². The number of nitrogens with two attached hydrogens (primary N) is 1. The van der Waals surface area contributed by atoms with Gasteiger partial charge in [0.15, 0.2) is 0 Å². The minimum absolute atomic E-state index is 0.180. The van der Waals surface area contributed by atoms with Crippen LogP contribution in [-0.4, -0.2) is 10.9 Å². The molecular weight excluding hydrogens is 336 g/mol. The maximum atomic E-state index is 12.4. The van der Waals surface area contributed by atoms with Crippen LogP contribution in [0.3, 0.4) is 0 Å². The molecular formula is C22H24N4O. The third-order valence-electron chi connectivity index (χ3n) is 4.38. The highest BCUT2D eigenvalue weighted by atomic mass is 16.1. The van der Waals surface area contributed by atoms with E-state index in [1.807, 2.05) is 49.4 Å². The van der Waals surface area contributed by atoms with Crippen LogP contribution in [0.4, 0.5) is 17.2 Å². The number of rotatable bonds is 6. The second kappa shape index (κ2) is 8.36. The summed E-state index contributed by atoms with van der Waals surface area (Å²) in [6.45, 7) is 4.75. The predicted molar refractivity (Wildman–Crippen MR) is 111 cm³/mol. The molecule has 5 heteroatoms. The van der Waals surface area contributed by atoms with E-state index in [9.17, 15) is 4.79 Å². The molecule has 0 aliphatic carbocycles. The minimum atomic E-state index is -0.180. The number of nitrogens with one attached hydrogen (secondary N) is 2. The molecule has 3 rings (SSSR count). The molecule has 1 amide bonds. The van der Waals surface area contributed by atoms with E-state index in [0.717, 1.165) is 23.5 Å². The van der Waals surface area contributed by atoms with Gasteiger partial charge in [-0.3, -0.25) is 4.79 Å². The van der Waals surface area contributed by atoms with Crippen LogP contribution in [0.1, 0.15) is 34.1 Å². The zero-order chi connectivity index (χ0) is 19.2. The van der Waals surface area contributed by atoms with Crippen molar-refractivity contribution in [3.8, 4) is 0 Å². The van der Waals surface area contributed by atoms with Gasteiger partial charge >= 0.3 is 0 Å². The van der Waals surface area contributed by atoms with Gasteiger partial charge in [-0.25, -0.2) is 4.98 Å². The van der Waals surface area contributed by atoms with Crippen LogP contribution >= 0.6 is 0 Å². The van der Waals surface area contributed by atoms with Gasteiger partial charge in [-0.1, -0.05) is 37.3 Å². The second-order valence-corrected chi connectivity index (χ2v) is 6.41. The maximum absolute atomic E-state index is 12.4. The summed E-state index contributed by atoms with van der Waals surface area (Å²) < 4.78 is 0. The summed E-state index contributed by atoms with van der Waals surface area (Å²) >= 11 is 0. The summed E-state index contributed by atoms with van der Waals surface area (Å²) in [5.41, 5.74) is 10.9. The molecule has 0 spiro atoms. The molecule has 0 bridgehead atoms. The number of benzene rings is 2. The molecule has 4 N–H and O–H groups in total. The quantitative estimate of drug-likeness (QED) is 0.569. The number of nitrogens with zero attached hydrogens (tertiary/aromatic N) is 1. The molecule has 2 aromatic carbocycles. The third-order valence-corrected chi connectivity index (χ3v) is 4.38. The second-order valence-electron chi connectivity index (χ2n) is 6.41. The zero-order valence-electron chi connectivity index (χ0n) is 15.6. The van der Waals surface area contributed by atoms with E-state index >= 15 is 0 Å². The monoisotopic (exact) mass is 360 g/mol. The van der Waals surface area contributed by atoms with E-state index in [1.165, 1.54) is 5.56 Å². The summed E-state index contributed by atoms with van der Waals surface area (Å²) in [6.07, 6.45) is 0.928. The highest BCUT2D eigenvalue weighted by Crippen LogP contribution is 2.19. The van der Waals surface area contributed by atoms with Crippen molar-refractivity contribution >= 4 is 23.1 Å². The molecule has 0 fully saturated rings. The molecule has 1 heterocycles. The number of aromatic nitrogens is 1. The van der Waals surface area contributed by atoms with E-state index in [-0.39, 0.29) is 5.91 Å². The van der Waals surface area contributed by atoms with Gasteiger partial charge in [0.25, 0.3) is 5.91 Å². The summed E-state index contributed by atoms with van der Waals surface area (Å²) in [4.78, 5) is 17.0. The minimum Gasteiger partial charge on any atom is -0.397 e. The largest absolute Gasteiger partial charge is 0.397 e. The van der Waals surface area contributed by atoms with Crippen LogP contribution in [-0.2, 0) is 13.0 Å². The van der Waals surface area contributed by atoms with Crippen LogP contribution in [0, 0.1) is 6.92 Å². The van der Waals surface area contributed by atoms with Crippen molar-refractivity contribution in [3.05, 3.63) is 83.0 Å². The maximum Gasteiger partial charge on any atom is 0.255 e. The Morgan fingerprint density at radius 1 is 1.04 bits per heavy atom. The summed E-state index contributed by atoms with van der Waals surface area (Å²) in [7, 11) is 0. The first-order valence-electron chi connectivity index (χ1n) is 9.02. The summed E-state index contributed by atoms with van der Waals surface area (Å²) in [6, 6.07) is 18.9. The van der Waals surface area contributed by atoms with Gasteiger partial charge in [0.05, 0.1) is 11.4 Å². The molecule has 0 atom stereocenters. The van der Waals surface area contributed by atoms with E-state index < -0.39 is 0 Å². The lowest BCUT2D eigenvalue weighted by Crippen LogP contribution is -2.13. The van der Waals surface area contributed by atoms with Crippen molar-refractivity contribution in [1.29, 1.82) is 0 Å². The molecule has 0 aliphatic heterocycles. The fourth-order valence-corrected chi connectivity index (χ4v) is 2.79. The lowest BCUT2D eigenvalue weighted by molar-refractivity contribution is 0.102. The molecule has 0 saturated heterocycles. The number of anilines is 3. The summed E-state index contributed by atoms with van der Waals surface area (Å²) in [5.74, 6) is 0.736. The molecule has 138 valence electrons.